The monoisotopic (exact) mass is 209 g/mol. The molecule has 1 atom stereocenters. The number of aromatic amines is 1. The van der Waals surface area contributed by atoms with Gasteiger partial charge in [-0.3, -0.25) is 14.9 Å². The number of carbonyl (C=O) groups is 2. The molecule has 80 valence electrons. The van der Waals surface area contributed by atoms with Gasteiger partial charge in [0.1, 0.15) is 6.33 Å². The molecule has 1 unspecified atom stereocenters. The molecule has 15 heavy (non-hydrogen) atoms. The van der Waals surface area contributed by atoms with Crippen LogP contribution in [-0.4, -0.2) is 33.5 Å². The van der Waals surface area contributed by atoms with Crippen molar-refractivity contribution in [2.45, 2.75) is 13.3 Å². The third kappa shape index (κ3) is 1.80. The van der Waals surface area contributed by atoms with E-state index in [4.69, 9.17) is 0 Å². The van der Waals surface area contributed by atoms with E-state index >= 15 is 0 Å². The third-order valence-corrected chi connectivity index (χ3v) is 2.42. The number of amides is 2. The maximum atomic E-state index is 11.8. The fourth-order valence-corrected chi connectivity index (χ4v) is 1.46. The second kappa shape index (κ2) is 3.34. The van der Waals surface area contributed by atoms with E-state index in [0.29, 0.717) is 12.5 Å². The van der Waals surface area contributed by atoms with Gasteiger partial charge in [-0.05, 0) is 6.92 Å². The van der Waals surface area contributed by atoms with Gasteiger partial charge in [0, 0.05) is 13.0 Å². The molecule has 1 saturated heterocycles. The first-order valence-corrected chi connectivity index (χ1v) is 4.54. The molecule has 1 fully saturated rings. The molecule has 0 aromatic carbocycles. The van der Waals surface area contributed by atoms with Crippen LogP contribution in [0.4, 0.5) is 5.95 Å². The second-order valence-electron chi connectivity index (χ2n) is 3.80. The molecule has 2 rings (SSSR count). The molecule has 2 heterocycles. The Bertz CT molecular complexity index is 388. The van der Waals surface area contributed by atoms with Crippen molar-refractivity contribution < 1.29 is 9.59 Å². The van der Waals surface area contributed by atoms with Crippen LogP contribution < -0.4 is 10.6 Å². The molecule has 1 aromatic rings. The van der Waals surface area contributed by atoms with Gasteiger partial charge in [-0.25, -0.2) is 5.10 Å². The number of nitrogens with one attached hydrogen (secondary N) is 3. The van der Waals surface area contributed by atoms with Gasteiger partial charge in [0.25, 0.3) is 0 Å². The van der Waals surface area contributed by atoms with E-state index in [-0.39, 0.29) is 18.2 Å². The average Bonchev–Trinajstić information content (AvgIpc) is 2.77. The van der Waals surface area contributed by atoms with Gasteiger partial charge in [0.15, 0.2) is 0 Å². The Morgan fingerprint density at radius 2 is 2.47 bits per heavy atom. The molecule has 0 aliphatic carbocycles. The largest absolute Gasteiger partial charge is 0.355 e. The van der Waals surface area contributed by atoms with Gasteiger partial charge in [0.05, 0.1) is 5.41 Å². The van der Waals surface area contributed by atoms with Crippen LogP contribution in [0.2, 0.25) is 0 Å². The molecule has 0 radical (unpaired) electrons. The summed E-state index contributed by atoms with van der Waals surface area (Å²) in [6, 6.07) is 0. The molecule has 7 heteroatoms. The van der Waals surface area contributed by atoms with Crippen molar-refractivity contribution in [1.82, 2.24) is 20.5 Å². The number of carbonyl (C=O) groups excluding carboxylic acids is 2. The lowest BCUT2D eigenvalue weighted by atomic mass is 9.89. The minimum Gasteiger partial charge on any atom is -0.355 e. The Morgan fingerprint density at radius 1 is 1.67 bits per heavy atom. The zero-order valence-electron chi connectivity index (χ0n) is 8.20. The van der Waals surface area contributed by atoms with Gasteiger partial charge in [-0.2, -0.15) is 10.1 Å². The first-order chi connectivity index (χ1) is 7.10. The standard InChI is InChI=1S/C8H11N5O2/c1-8(2-5(14)9-3-8)6(15)12-7-10-4-11-13-7/h4H,2-3H2,1H3,(H,9,14)(H2,10,11,12,13,15). The Labute approximate surface area is 85.7 Å². The van der Waals surface area contributed by atoms with Gasteiger partial charge in [-0.1, -0.05) is 0 Å². The molecule has 1 aliphatic rings. The molecule has 1 aromatic heterocycles. The molecule has 1 aliphatic heterocycles. The maximum absolute atomic E-state index is 11.8. The highest BCUT2D eigenvalue weighted by molar-refractivity contribution is 5.98. The molecular formula is C8H11N5O2. The lowest BCUT2D eigenvalue weighted by Gasteiger charge is -2.18. The zero-order valence-corrected chi connectivity index (χ0v) is 8.20. The van der Waals surface area contributed by atoms with Crippen LogP contribution in [0.25, 0.3) is 0 Å². The SMILES string of the molecule is CC1(C(=O)Nc2ncn[nH]2)CNC(=O)C1. The first kappa shape index (κ1) is 9.63. The lowest BCUT2D eigenvalue weighted by Crippen LogP contribution is -2.35. The fourth-order valence-electron chi connectivity index (χ4n) is 1.46. The molecule has 0 bridgehead atoms. The third-order valence-electron chi connectivity index (χ3n) is 2.42. The average molecular weight is 209 g/mol. The number of H-pyrrole nitrogens is 1. The van der Waals surface area contributed by atoms with Gasteiger partial charge in [-0.15, -0.1) is 0 Å². The van der Waals surface area contributed by atoms with Crippen molar-refractivity contribution in [3.8, 4) is 0 Å². The van der Waals surface area contributed by atoms with E-state index in [1.807, 2.05) is 0 Å². The summed E-state index contributed by atoms with van der Waals surface area (Å²) in [7, 11) is 0. The van der Waals surface area contributed by atoms with Crippen LogP contribution in [0.5, 0.6) is 0 Å². The molecule has 3 N–H and O–H groups in total. The fraction of sp³-hybridized carbons (Fsp3) is 0.500. The summed E-state index contributed by atoms with van der Waals surface area (Å²) in [5.41, 5.74) is -0.704. The minimum atomic E-state index is -0.704. The molecule has 0 spiro atoms. The maximum Gasteiger partial charge on any atom is 0.234 e. The Kier molecular flexibility index (Phi) is 2.14. The number of rotatable bonds is 2. The number of anilines is 1. The normalized spacial score (nSPS) is 25.0. The van der Waals surface area contributed by atoms with Crippen molar-refractivity contribution in [2.75, 3.05) is 11.9 Å². The van der Waals surface area contributed by atoms with Crippen LogP contribution in [0.15, 0.2) is 6.33 Å². The highest BCUT2D eigenvalue weighted by Gasteiger charge is 2.40. The van der Waals surface area contributed by atoms with Crippen LogP contribution >= 0.6 is 0 Å². The summed E-state index contributed by atoms with van der Waals surface area (Å²) >= 11 is 0. The smallest absolute Gasteiger partial charge is 0.234 e. The summed E-state index contributed by atoms with van der Waals surface area (Å²) in [5, 5.41) is 11.3. The first-order valence-electron chi connectivity index (χ1n) is 4.54. The predicted octanol–water partition coefficient (Wildman–Crippen LogP) is -0.731. The topological polar surface area (TPSA) is 99.8 Å². The number of nitrogens with zero attached hydrogens (tertiary/aromatic N) is 2. The van der Waals surface area contributed by atoms with Crippen molar-refractivity contribution in [3.63, 3.8) is 0 Å². The minimum absolute atomic E-state index is 0.106. The van der Waals surface area contributed by atoms with Crippen LogP contribution in [0.3, 0.4) is 0 Å². The highest BCUT2D eigenvalue weighted by atomic mass is 16.2. The van der Waals surface area contributed by atoms with Crippen LogP contribution in [0, 0.1) is 5.41 Å². The summed E-state index contributed by atoms with van der Waals surface area (Å²) < 4.78 is 0. The van der Waals surface area contributed by atoms with Crippen molar-refractivity contribution in [3.05, 3.63) is 6.33 Å². The highest BCUT2D eigenvalue weighted by Crippen LogP contribution is 2.26. The summed E-state index contributed by atoms with van der Waals surface area (Å²) in [4.78, 5) is 26.6. The van der Waals surface area contributed by atoms with E-state index < -0.39 is 5.41 Å². The van der Waals surface area contributed by atoms with Gasteiger partial charge < -0.3 is 5.32 Å². The van der Waals surface area contributed by atoms with E-state index in [2.05, 4.69) is 25.8 Å². The van der Waals surface area contributed by atoms with Gasteiger partial charge >= 0.3 is 0 Å². The van der Waals surface area contributed by atoms with Crippen molar-refractivity contribution in [2.24, 2.45) is 5.41 Å². The van der Waals surface area contributed by atoms with Crippen LogP contribution in [0.1, 0.15) is 13.3 Å². The number of hydrogen-bond donors (Lipinski definition) is 3. The quantitative estimate of drug-likeness (QED) is 0.597. The van der Waals surface area contributed by atoms with E-state index in [1.165, 1.54) is 6.33 Å². The summed E-state index contributed by atoms with van der Waals surface area (Å²) in [6.07, 6.45) is 1.50. The Balaban J connectivity index is 2.05. The van der Waals surface area contributed by atoms with E-state index in [9.17, 15) is 9.59 Å². The molecule has 7 nitrogen and oxygen atoms in total. The molecule has 2 amide bonds. The van der Waals surface area contributed by atoms with Gasteiger partial charge in [0.2, 0.25) is 17.8 Å². The summed E-state index contributed by atoms with van der Waals surface area (Å²) in [6.45, 7) is 2.09. The predicted molar refractivity (Wildman–Crippen MR) is 50.7 cm³/mol. The molecular weight excluding hydrogens is 198 g/mol. The molecule has 0 saturated carbocycles. The van der Waals surface area contributed by atoms with Crippen molar-refractivity contribution >= 4 is 17.8 Å². The lowest BCUT2D eigenvalue weighted by molar-refractivity contribution is -0.126. The number of hydrogen-bond acceptors (Lipinski definition) is 4. The van der Waals surface area contributed by atoms with E-state index in [0.717, 1.165) is 0 Å². The number of aromatic nitrogens is 3. The second-order valence-corrected chi connectivity index (χ2v) is 3.80. The Hall–Kier alpha value is -1.92. The summed E-state index contributed by atoms with van der Waals surface area (Å²) in [5.74, 6) is -0.0524. The van der Waals surface area contributed by atoms with E-state index in [1.54, 1.807) is 6.92 Å². The van der Waals surface area contributed by atoms with Crippen molar-refractivity contribution in [1.29, 1.82) is 0 Å². The Morgan fingerprint density at radius 3 is 3.00 bits per heavy atom. The van der Waals surface area contributed by atoms with Crippen LogP contribution in [-0.2, 0) is 9.59 Å². The zero-order chi connectivity index (χ0) is 10.9.